The largest absolute Gasteiger partial charge is 0.493 e. The highest BCUT2D eigenvalue weighted by Crippen LogP contribution is 2.44. The lowest BCUT2D eigenvalue weighted by Gasteiger charge is -2.39. The Labute approximate surface area is 158 Å². The first-order valence-corrected chi connectivity index (χ1v) is 8.98. The predicted octanol–water partition coefficient (Wildman–Crippen LogP) is 4.94. The zero-order valence-corrected chi connectivity index (χ0v) is 15.6. The first kappa shape index (κ1) is 17.3. The van der Waals surface area contributed by atoms with E-state index < -0.39 is 6.09 Å². The van der Waals surface area contributed by atoms with Gasteiger partial charge in [0.15, 0.2) is 0 Å². The lowest BCUT2D eigenvalue weighted by atomic mass is 9.78. The first-order valence-electron chi connectivity index (χ1n) is 8.98. The number of carbonyl (C=O) groups is 1. The minimum atomic E-state index is -1.03. The summed E-state index contributed by atoms with van der Waals surface area (Å²) in [6.07, 6.45) is 0.778. The number of fused-ring (bicyclic) bond motifs is 2. The maximum Gasteiger partial charge on any atom is 0.405 e. The van der Waals surface area contributed by atoms with Gasteiger partial charge in [0.25, 0.3) is 0 Å². The van der Waals surface area contributed by atoms with E-state index in [0.29, 0.717) is 6.61 Å². The van der Waals surface area contributed by atoms with Crippen molar-refractivity contribution in [3.63, 3.8) is 0 Å². The number of aryl methyl sites for hydroxylation is 1. The maximum atomic E-state index is 11.3. The van der Waals surface area contributed by atoms with Crippen molar-refractivity contribution in [1.29, 1.82) is 0 Å². The van der Waals surface area contributed by atoms with Crippen LogP contribution >= 0.6 is 0 Å². The zero-order valence-electron chi connectivity index (χ0n) is 15.6. The van der Waals surface area contributed by atoms with Crippen molar-refractivity contribution >= 4 is 17.0 Å². The molecule has 27 heavy (non-hydrogen) atoms. The van der Waals surface area contributed by atoms with Gasteiger partial charge in [0, 0.05) is 22.6 Å². The van der Waals surface area contributed by atoms with Crippen LogP contribution in [0.2, 0.25) is 0 Å². The molecule has 4 rings (SSSR count). The van der Waals surface area contributed by atoms with Crippen LogP contribution in [0.25, 0.3) is 22.0 Å². The standard InChI is InChI=1S/C22H22N2O3/c1-13-6-8-15(16-5-4-10-23-19(13)16)14-7-9-17-18(11-14)27-12-22(2,3)20(17)24-21(25)26/h4-11,20,24H,12H2,1-3H3,(H,25,26). The Balaban J connectivity index is 1.83. The lowest BCUT2D eigenvalue weighted by Crippen LogP contribution is -2.43. The van der Waals surface area contributed by atoms with Crippen molar-refractivity contribution in [3.05, 3.63) is 59.8 Å². The summed E-state index contributed by atoms with van der Waals surface area (Å²) in [7, 11) is 0. The fourth-order valence-electron chi connectivity index (χ4n) is 3.80. The van der Waals surface area contributed by atoms with Gasteiger partial charge in [-0.05, 0) is 35.7 Å². The van der Waals surface area contributed by atoms with E-state index in [2.05, 4.69) is 35.4 Å². The molecule has 0 saturated carbocycles. The third-order valence-electron chi connectivity index (χ3n) is 5.26. The minimum Gasteiger partial charge on any atom is -0.493 e. The number of amides is 1. The number of pyridine rings is 1. The molecule has 0 aliphatic carbocycles. The highest BCUT2D eigenvalue weighted by Gasteiger charge is 2.38. The second-order valence-electron chi connectivity index (χ2n) is 7.74. The van der Waals surface area contributed by atoms with Crippen molar-refractivity contribution in [1.82, 2.24) is 10.3 Å². The Morgan fingerprint density at radius 2 is 2.07 bits per heavy atom. The number of aromatic nitrogens is 1. The molecule has 0 bridgehead atoms. The molecule has 2 heterocycles. The molecule has 1 aromatic heterocycles. The average molecular weight is 362 g/mol. The van der Waals surface area contributed by atoms with E-state index >= 15 is 0 Å². The Bertz CT molecular complexity index is 1040. The maximum absolute atomic E-state index is 11.3. The van der Waals surface area contributed by atoms with E-state index in [4.69, 9.17) is 4.74 Å². The molecule has 0 spiro atoms. The van der Waals surface area contributed by atoms with Crippen molar-refractivity contribution in [2.75, 3.05) is 6.61 Å². The normalized spacial score (nSPS) is 17.8. The van der Waals surface area contributed by atoms with Crippen LogP contribution in [0.3, 0.4) is 0 Å². The molecular formula is C22H22N2O3. The molecule has 0 radical (unpaired) electrons. The Kier molecular flexibility index (Phi) is 4.02. The van der Waals surface area contributed by atoms with Crippen LogP contribution in [-0.2, 0) is 0 Å². The minimum absolute atomic E-state index is 0.316. The van der Waals surface area contributed by atoms with Gasteiger partial charge < -0.3 is 15.2 Å². The molecule has 0 saturated heterocycles. The molecule has 1 aliphatic rings. The molecule has 5 heteroatoms. The molecule has 1 atom stereocenters. The number of carboxylic acid groups (broad SMARTS) is 1. The van der Waals surface area contributed by atoms with Crippen molar-refractivity contribution in [2.45, 2.75) is 26.8 Å². The number of hydrogen-bond acceptors (Lipinski definition) is 3. The summed E-state index contributed by atoms with van der Waals surface area (Å²) in [6, 6.07) is 13.9. The molecule has 1 amide bonds. The smallest absolute Gasteiger partial charge is 0.405 e. The van der Waals surface area contributed by atoms with Gasteiger partial charge in [-0.1, -0.05) is 44.2 Å². The highest BCUT2D eigenvalue weighted by molar-refractivity contribution is 5.96. The van der Waals surface area contributed by atoms with Crippen LogP contribution in [0, 0.1) is 12.3 Å². The van der Waals surface area contributed by atoms with Crippen molar-refractivity contribution < 1.29 is 14.6 Å². The fraction of sp³-hybridized carbons (Fsp3) is 0.273. The van der Waals surface area contributed by atoms with Gasteiger partial charge in [-0.15, -0.1) is 0 Å². The van der Waals surface area contributed by atoms with Gasteiger partial charge in [-0.25, -0.2) is 4.79 Å². The third kappa shape index (κ3) is 2.99. The van der Waals surface area contributed by atoms with Crippen LogP contribution in [-0.4, -0.2) is 22.8 Å². The summed E-state index contributed by atoms with van der Waals surface area (Å²) in [5.74, 6) is 0.725. The molecule has 3 aromatic rings. The number of hydrogen-bond donors (Lipinski definition) is 2. The number of rotatable bonds is 2. The quantitative estimate of drug-likeness (QED) is 0.677. The van der Waals surface area contributed by atoms with Gasteiger partial charge in [0.05, 0.1) is 18.2 Å². The summed E-state index contributed by atoms with van der Waals surface area (Å²) >= 11 is 0. The average Bonchev–Trinajstić information content (AvgIpc) is 2.64. The summed E-state index contributed by atoms with van der Waals surface area (Å²) in [5.41, 5.74) is 4.78. The van der Waals surface area contributed by atoms with Crippen molar-refractivity contribution in [3.8, 4) is 16.9 Å². The zero-order chi connectivity index (χ0) is 19.2. The highest BCUT2D eigenvalue weighted by atomic mass is 16.5. The van der Waals surface area contributed by atoms with E-state index in [9.17, 15) is 9.90 Å². The monoisotopic (exact) mass is 362 g/mol. The molecule has 138 valence electrons. The Morgan fingerprint density at radius 1 is 1.26 bits per heavy atom. The van der Waals surface area contributed by atoms with Crippen LogP contribution in [0.5, 0.6) is 5.75 Å². The number of nitrogens with one attached hydrogen (secondary N) is 1. The second-order valence-corrected chi connectivity index (χ2v) is 7.74. The fourth-order valence-corrected chi connectivity index (χ4v) is 3.80. The third-order valence-corrected chi connectivity index (χ3v) is 5.26. The van der Waals surface area contributed by atoms with E-state index in [0.717, 1.165) is 38.9 Å². The van der Waals surface area contributed by atoms with Crippen molar-refractivity contribution in [2.24, 2.45) is 5.41 Å². The Morgan fingerprint density at radius 3 is 2.85 bits per heavy atom. The number of nitrogens with zero attached hydrogens (tertiary/aromatic N) is 1. The van der Waals surface area contributed by atoms with Gasteiger partial charge >= 0.3 is 6.09 Å². The lowest BCUT2D eigenvalue weighted by molar-refractivity contribution is 0.0996. The first-order chi connectivity index (χ1) is 12.9. The van der Waals surface area contributed by atoms with Crippen LogP contribution in [0.15, 0.2) is 48.7 Å². The number of benzene rings is 2. The molecule has 5 nitrogen and oxygen atoms in total. The number of ether oxygens (including phenoxy) is 1. The summed E-state index contributed by atoms with van der Waals surface area (Å²) in [5, 5.41) is 13.0. The van der Waals surface area contributed by atoms with E-state index in [-0.39, 0.29) is 11.5 Å². The van der Waals surface area contributed by atoms with Gasteiger partial charge in [-0.3, -0.25) is 4.98 Å². The van der Waals surface area contributed by atoms with Gasteiger partial charge in [0.2, 0.25) is 0 Å². The molecule has 2 N–H and O–H groups in total. The molecule has 1 unspecified atom stereocenters. The molecule has 2 aromatic carbocycles. The molecular weight excluding hydrogens is 340 g/mol. The van der Waals surface area contributed by atoms with Gasteiger partial charge in [0.1, 0.15) is 5.75 Å². The summed E-state index contributed by atoms with van der Waals surface area (Å²) in [4.78, 5) is 15.8. The van der Waals surface area contributed by atoms with Crippen LogP contribution < -0.4 is 10.1 Å². The second kappa shape index (κ2) is 6.27. The topological polar surface area (TPSA) is 71.5 Å². The molecule has 1 aliphatic heterocycles. The van der Waals surface area contributed by atoms with Crippen LogP contribution in [0.4, 0.5) is 4.79 Å². The predicted molar refractivity (Wildman–Crippen MR) is 105 cm³/mol. The summed E-state index contributed by atoms with van der Waals surface area (Å²) in [6.45, 7) is 6.51. The van der Waals surface area contributed by atoms with Gasteiger partial charge in [-0.2, -0.15) is 0 Å². The van der Waals surface area contributed by atoms with E-state index in [1.165, 1.54) is 0 Å². The summed E-state index contributed by atoms with van der Waals surface area (Å²) < 4.78 is 6.00. The molecule has 0 fully saturated rings. The SMILES string of the molecule is Cc1ccc(-c2ccc3c(c2)OCC(C)(C)C3NC(=O)O)c2cccnc12. The van der Waals surface area contributed by atoms with Crippen LogP contribution in [0.1, 0.15) is 31.0 Å². The Hall–Kier alpha value is -3.08. The van der Waals surface area contributed by atoms with E-state index in [1.807, 2.05) is 38.1 Å². The van der Waals surface area contributed by atoms with E-state index in [1.54, 1.807) is 6.20 Å².